The van der Waals surface area contributed by atoms with Gasteiger partial charge in [-0.1, -0.05) is 53.2 Å². The van der Waals surface area contributed by atoms with Crippen LogP contribution in [0.4, 0.5) is 0 Å². The van der Waals surface area contributed by atoms with Crippen molar-refractivity contribution in [3.05, 3.63) is 70.1 Å². The minimum absolute atomic E-state index is 0.136. The van der Waals surface area contributed by atoms with E-state index in [9.17, 15) is 0 Å². The molecule has 0 saturated heterocycles. The van der Waals surface area contributed by atoms with E-state index in [4.69, 9.17) is 4.42 Å². The van der Waals surface area contributed by atoms with E-state index in [0.717, 1.165) is 16.7 Å². The Morgan fingerprint density at radius 3 is 2.52 bits per heavy atom. The summed E-state index contributed by atoms with van der Waals surface area (Å²) in [5, 5.41) is 5.92. The van der Waals surface area contributed by atoms with Crippen LogP contribution in [0.3, 0.4) is 0 Å². The molecule has 1 heterocycles. The summed E-state index contributed by atoms with van der Waals surface area (Å²) in [5.74, 6) is 1.04. The fraction of sp³-hybridized carbons (Fsp3) is 0.222. The molecule has 0 amide bonds. The van der Waals surface area contributed by atoms with Gasteiger partial charge in [-0.3, -0.25) is 0 Å². The zero-order valence-electron chi connectivity index (χ0n) is 12.2. The number of benzene rings is 2. The summed E-state index contributed by atoms with van der Waals surface area (Å²) in [4.78, 5) is 0. The van der Waals surface area contributed by atoms with E-state index >= 15 is 0 Å². The molecule has 0 spiro atoms. The molecule has 3 heteroatoms. The summed E-state index contributed by atoms with van der Waals surface area (Å²) >= 11 is 3.64. The third-order valence-electron chi connectivity index (χ3n) is 3.92. The summed E-state index contributed by atoms with van der Waals surface area (Å²) in [6.45, 7) is 2.12. The lowest BCUT2D eigenvalue weighted by Gasteiger charge is -2.19. The first-order valence-electron chi connectivity index (χ1n) is 7.17. The van der Waals surface area contributed by atoms with E-state index < -0.39 is 0 Å². The number of furan rings is 1. The highest BCUT2D eigenvalue weighted by Crippen LogP contribution is 2.34. The first kappa shape index (κ1) is 14.4. The van der Waals surface area contributed by atoms with Gasteiger partial charge in [0.1, 0.15) is 5.76 Å². The smallest absolute Gasteiger partial charge is 0.108 e. The predicted octanol–water partition coefficient (Wildman–Crippen LogP) is 5.07. The molecule has 1 aromatic heterocycles. The lowest BCUT2D eigenvalue weighted by Crippen LogP contribution is -2.18. The van der Waals surface area contributed by atoms with Gasteiger partial charge >= 0.3 is 0 Å². The molecule has 2 aromatic carbocycles. The van der Waals surface area contributed by atoms with Gasteiger partial charge in [0.05, 0.1) is 12.3 Å². The van der Waals surface area contributed by atoms with E-state index in [-0.39, 0.29) is 6.04 Å². The van der Waals surface area contributed by atoms with Crippen molar-refractivity contribution >= 4 is 26.7 Å². The van der Waals surface area contributed by atoms with E-state index in [1.807, 2.05) is 7.05 Å². The normalized spacial score (nSPS) is 12.7. The molecule has 3 rings (SSSR count). The van der Waals surface area contributed by atoms with Gasteiger partial charge in [0.2, 0.25) is 0 Å². The molecule has 1 N–H and O–H groups in total. The molecule has 0 aliphatic heterocycles. The van der Waals surface area contributed by atoms with Crippen LogP contribution in [0.5, 0.6) is 0 Å². The highest BCUT2D eigenvalue weighted by atomic mass is 79.9. The maximum atomic E-state index is 5.60. The molecule has 0 aliphatic carbocycles. The van der Waals surface area contributed by atoms with Crippen LogP contribution < -0.4 is 5.32 Å². The Balaban J connectivity index is 2.20. The number of halogens is 1. The molecule has 0 bridgehead atoms. The van der Waals surface area contributed by atoms with Gasteiger partial charge in [0, 0.05) is 16.5 Å². The van der Waals surface area contributed by atoms with Crippen molar-refractivity contribution in [3.63, 3.8) is 0 Å². The third kappa shape index (κ3) is 2.52. The standard InChI is InChI=1S/C18H18BrNO/c1-3-17-15(10-11-21-17)18(20-2)14-8-9-16(19)13-7-5-4-6-12(13)14/h4-11,18,20H,3H2,1-2H3. The van der Waals surface area contributed by atoms with Gasteiger partial charge in [-0.2, -0.15) is 0 Å². The zero-order chi connectivity index (χ0) is 14.8. The maximum Gasteiger partial charge on any atom is 0.108 e. The first-order valence-corrected chi connectivity index (χ1v) is 7.96. The monoisotopic (exact) mass is 343 g/mol. The summed E-state index contributed by atoms with van der Waals surface area (Å²) in [6, 6.07) is 15.0. The van der Waals surface area contributed by atoms with E-state index in [0.29, 0.717) is 0 Å². The fourth-order valence-electron chi connectivity index (χ4n) is 2.91. The van der Waals surface area contributed by atoms with Crippen LogP contribution in [0.2, 0.25) is 0 Å². The van der Waals surface area contributed by atoms with Crippen LogP contribution in [0.25, 0.3) is 10.8 Å². The number of rotatable bonds is 4. The van der Waals surface area contributed by atoms with Crippen molar-refractivity contribution in [2.45, 2.75) is 19.4 Å². The third-order valence-corrected chi connectivity index (χ3v) is 4.61. The van der Waals surface area contributed by atoms with Gasteiger partial charge in [0.25, 0.3) is 0 Å². The average Bonchev–Trinajstić information content (AvgIpc) is 2.99. The van der Waals surface area contributed by atoms with Crippen LogP contribution in [-0.2, 0) is 6.42 Å². The second kappa shape index (κ2) is 6.04. The minimum atomic E-state index is 0.136. The molecule has 108 valence electrons. The van der Waals surface area contributed by atoms with Gasteiger partial charge in [-0.15, -0.1) is 0 Å². The quantitative estimate of drug-likeness (QED) is 0.715. The molecule has 0 radical (unpaired) electrons. The summed E-state index contributed by atoms with van der Waals surface area (Å²) < 4.78 is 6.73. The van der Waals surface area contributed by atoms with Crippen LogP contribution in [-0.4, -0.2) is 7.05 Å². The van der Waals surface area contributed by atoms with Crippen molar-refractivity contribution in [3.8, 4) is 0 Å². The number of fused-ring (bicyclic) bond motifs is 1. The van der Waals surface area contributed by atoms with Crippen molar-refractivity contribution in [1.29, 1.82) is 0 Å². The van der Waals surface area contributed by atoms with Crippen molar-refractivity contribution < 1.29 is 4.42 Å². The topological polar surface area (TPSA) is 25.2 Å². The highest BCUT2D eigenvalue weighted by Gasteiger charge is 2.19. The Hall–Kier alpha value is -1.58. The molecule has 3 aromatic rings. The number of nitrogens with one attached hydrogen (secondary N) is 1. The first-order chi connectivity index (χ1) is 10.3. The highest BCUT2D eigenvalue weighted by molar-refractivity contribution is 9.10. The molecule has 0 saturated carbocycles. The van der Waals surface area contributed by atoms with Crippen molar-refractivity contribution in [2.75, 3.05) is 7.05 Å². The summed E-state index contributed by atoms with van der Waals surface area (Å²) in [7, 11) is 1.99. The Morgan fingerprint density at radius 1 is 1.05 bits per heavy atom. The second-order valence-corrected chi connectivity index (χ2v) is 5.91. The van der Waals surface area contributed by atoms with Crippen LogP contribution >= 0.6 is 15.9 Å². The Morgan fingerprint density at radius 2 is 1.81 bits per heavy atom. The SMILES string of the molecule is CCc1occc1C(NC)c1ccc(Br)c2ccccc12. The second-order valence-electron chi connectivity index (χ2n) is 5.06. The summed E-state index contributed by atoms with van der Waals surface area (Å²) in [6.07, 6.45) is 2.68. The molecule has 21 heavy (non-hydrogen) atoms. The Labute approximate surface area is 133 Å². The Bertz CT molecular complexity index is 763. The molecule has 1 unspecified atom stereocenters. The van der Waals surface area contributed by atoms with E-state index in [2.05, 4.69) is 70.6 Å². The summed E-state index contributed by atoms with van der Waals surface area (Å²) in [5.41, 5.74) is 2.49. The largest absolute Gasteiger partial charge is 0.469 e. The molecule has 1 atom stereocenters. The number of hydrogen-bond donors (Lipinski definition) is 1. The maximum absolute atomic E-state index is 5.60. The predicted molar refractivity (Wildman–Crippen MR) is 90.6 cm³/mol. The molecule has 2 nitrogen and oxygen atoms in total. The molecule has 0 aliphatic rings. The van der Waals surface area contributed by atoms with Crippen LogP contribution in [0.1, 0.15) is 29.9 Å². The molecular weight excluding hydrogens is 326 g/mol. The van der Waals surface area contributed by atoms with E-state index in [1.165, 1.54) is 21.9 Å². The molecule has 0 fully saturated rings. The van der Waals surface area contributed by atoms with Crippen molar-refractivity contribution in [1.82, 2.24) is 5.32 Å². The Kier molecular flexibility index (Phi) is 4.13. The van der Waals surface area contributed by atoms with Crippen LogP contribution in [0.15, 0.2) is 57.6 Å². The number of aryl methyl sites for hydroxylation is 1. The fourth-order valence-corrected chi connectivity index (χ4v) is 3.39. The van der Waals surface area contributed by atoms with Crippen LogP contribution in [0, 0.1) is 0 Å². The molecular formula is C18H18BrNO. The number of hydrogen-bond acceptors (Lipinski definition) is 2. The zero-order valence-corrected chi connectivity index (χ0v) is 13.8. The lowest BCUT2D eigenvalue weighted by atomic mass is 9.93. The van der Waals surface area contributed by atoms with Gasteiger partial charge in [-0.25, -0.2) is 0 Å². The van der Waals surface area contributed by atoms with Gasteiger partial charge in [0.15, 0.2) is 0 Å². The van der Waals surface area contributed by atoms with Gasteiger partial charge in [-0.05, 0) is 35.5 Å². The average molecular weight is 344 g/mol. The lowest BCUT2D eigenvalue weighted by molar-refractivity contribution is 0.505. The van der Waals surface area contributed by atoms with E-state index in [1.54, 1.807) is 6.26 Å². The van der Waals surface area contributed by atoms with Crippen molar-refractivity contribution in [2.24, 2.45) is 0 Å². The van der Waals surface area contributed by atoms with Gasteiger partial charge < -0.3 is 9.73 Å². The minimum Gasteiger partial charge on any atom is -0.469 e.